The molecule has 2 rings (SSSR count). The van der Waals surface area contributed by atoms with Gasteiger partial charge in [0.15, 0.2) is 0 Å². The van der Waals surface area contributed by atoms with Crippen molar-refractivity contribution in [1.82, 2.24) is 0 Å². The van der Waals surface area contributed by atoms with Gasteiger partial charge in [-0.15, -0.1) is 0 Å². The maximum Gasteiger partial charge on any atom is 0.336 e. The summed E-state index contributed by atoms with van der Waals surface area (Å²) in [7, 11) is 0. The average molecular weight is 328 g/mol. The molecule has 0 aliphatic rings. The van der Waals surface area contributed by atoms with E-state index in [4.69, 9.17) is 4.74 Å². The van der Waals surface area contributed by atoms with Gasteiger partial charge in [-0.25, -0.2) is 9.18 Å². The zero-order chi connectivity index (χ0) is 17.9. The first kappa shape index (κ1) is 17.7. The number of halogens is 1. The van der Waals surface area contributed by atoms with Crippen LogP contribution in [0.15, 0.2) is 42.5 Å². The molecule has 0 fully saturated rings. The molecule has 4 heteroatoms. The smallest absolute Gasteiger partial charge is 0.336 e. The molecule has 0 atom stereocenters. The topological polar surface area (TPSA) is 46.5 Å². The zero-order valence-corrected chi connectivity index (χ0v) is 14.3. The van der Waals surface area contributed by atoms with Gasteiger partial charge in [-0.2, -0.15) is 0 Å². The van der Waals surface area contributed by atoms with E-state index in [-0.39, 0.29) is 11.2 Å². The van der Waals surface area contributed by atoms with E-state index in [0.29, 0.717) is 22.4 Å². The van der Waals surface area contributed by atoms with Crippen LogP contribution in [0.1, 0.15) is 37.5 Å². The fourth-order valence-electron chi connectivity index (χ4n) is 2.18. The Labute approximate surface area is 141 Å². The van der Waals surface area contributed by atoms with Crippen LogP contribution in [0.3, 0.4) is 0 Å². The monoisotopic (exact) mass is 328 g/mol. The molecule has 0 heterocycles. The molecule has 0 amide bonds. The standard InChI is InChI=1S/C20H21FO3/c1-13-5-8-15(12-18(13)21)17(19(22)23)11-14-6-9-16(10-7-14)24-20(2,3)4/h5-12H,1-4H3,(H,22,23)/b17-11-. The van der Waals surface area contributed by atoms with E-state index in [9.17, 15) is 14.3 Å². The number of hydrogen-bond acceptors (Lipinski definition) is 2. The van der Waals surface area contributed by atoms with Crippen molar-refractivity contribution in [3.63, 3.8) is 0 Å². The lowest BCUT2D eigenvalue weighted by Gasteiger charge is -2.21. The van der Waals surface area contributed by atoms with Crippen LogP contribution in [-0.4, -0.2) is 16.7 Å². The number of aryl methyl sites for hydroxylation is 1. The van der Waals surface area contributed by atoms with Crippen LogP contribution in [0.25, 0.3) is 11.6 Å². The van der Waals surface area contributed by atoms with Crippen molar-refractivity contribution < 1.29 is 19.0 Å². The molecule has 3 nitrogen and oxygen atoms in total. The number of ether oxygens (including phenoxy) is 1. The Morgan fingerprint density at radius 3 is 2.25 bits per heavy atom. The largest absolute Gasteiger partial charge is 0.488 e. The van der Waals surface area contributed by atoms with Crippen molar-refractivity contribution in [2.24, 2.45) is 0 Å². The van der Waals surface area contributed by atoms with Gasteiger partial charge in [0.1, 0.15) is 17.2 Å². The lowest BCUT2D eigenvalue weighted by Crippen LogP contribution is -2.22. The van der Waals surface area contributed by atoms with E-state index in [2.05, 4.69) is 0 Å². The Bertz CT molecular complexity index is 768. The van der Waals surface area contributed by atoms with Gasteiger partial charge in [-0.05, 0) is 68.7 Å². The second kappa shape index (κ2) is 6.87. The molecule has 1 N–H and O–H groups in total. The van der Waals surface area contributed by atoms with E-state index in [1.807, 2.05) is 20.8 Å². The third kappa shape index (κ3) is 4.69. The summed E-state index contributed by atoms with van der Waals surface area (Å²) in [5, 5.41) is 9.44. The Balaban J connectivity index is 2.34. The third-order valence-corrected chi connectivity index (χ3v) is 3.33. The second-order valence-electron chi connectivity index (χ2n) is 6.61. The highest BCUT2D eigenvalue weighted by Gasteiger charge is 2.13. The quantitative estimate of drug-likeness (QED) is 0.639. The summed E-state index contributed by atoms with van der Waals surface area (Å²) in [5.41, 5.74) is 1.25. The number of carboxylic acid groups (broad SMARTS) is 1. The fraction of sp³-hybridized carbons (Fsp3) is 0.250. The molecule has 0 aliphatic heterocycles. The Hall–Kier alpha value is -2.62. The fourth-order valence-corrected chi connectivity index (χ4v) is 2.18. The van der Waals surface area contributed by atoms with Crippen molar-refractivity contribution >= 4 is 17.6 Å². The van der Waals surface area contributed by atoms with Crippen LogP contribution in [0.4, 0.5) is 4.39 Å². The molecular formula is C20H21FO3. The number of aliphatic carboxylic acids is 1. The first-order valence-corrected chi connectivity index (χ1v) is 7.66. The maximum absolute atomic E-state index is 13.7. The Kier molecular flexibility index (Phi) is 5.07. The number of carbonyl (C=O) groups is 1. The molecule has 0 spiro atoms. The molecule has 0 saturated carbocycles. The number of carboxylic acids is 1. The van der Waals surface area contributed by atoms with Gasteiger partial charge >= 0.3 is 5.97 Å². The lowest BCUT2D eigenvalue weighted by molar-refractivity contribution is -0.130. The van der Waals surface area contributed by atoms with Crippen LogP contribution in [-0.2, 0) is 4.79 Å². The molecule has 0 bridgehead atoms. The minimum absolute atomic E-state index is 0.0402. The highest BCUT2D eigenvalue weighted by Crippen LogP contribution is 2.23. The zero-order valence-electron chi connectivity index (χ0n) is 14.3. The van der Waals surface area contributed by atoms with Gasteiger partial charge in [0.2, 0.25) is 0 Å². The SMILES string of the molecule is Cc1ccc(/C(=C/c2ccc(OC(C)(C)C)cc2)C(=O)O)cc1F. The van der Waals surface area contributed by atoms with Crippen molar-refractivity contribution in [2.45, 2.75) is 33.3 Å². The lowest BCUT2D eigenvalue weighted by atomic mass is 10.0. The molecule has 2 aromatic rings. The third-order valence-electron chi connectivity index (χ3n) is 3.33. The summed E-state index contributed by atoms with van der Waals surface area (Å²) in [6, 6.07) is 11.5. The number of hydrogen-bond donors (Lipinski definition) is 1. The highest BCUT2D eigenvalue weighted by molar-refractivity contribution is 6.20. The normalized spacial score (nSPS) is 12.1. The van der Waals surface area contributed by atoms with Gasteiger partial charge in [-0.3, -0.25) is 0 Å². The van der Waals surface area contributed by atoms with E-state index in [1.165, 1.54) is 12.1 Å². The first-order valence-electron chi connectivity index (χ1n) is 7.66. The van der Waals surface area contributed by atoms with E-state index >= 15 is 0 Å². The summed E-state index contributed by atoms with van der Waals surface area (Å²) in [6.07, 6.45) is 1.52. The van der Waals surface area contributed by atoms with Crippen molar-refractivity contribution in [2.75, 3.05) is 0 Å². The number of rotatable bonds is 4. The molecule has 24 heavy (non-hydrogen) atoms. The van der Waals surface area contributed by atoms with Crippen molar-refractivity contribution in [1.29, 1.82) is 0 Å². The van der Waals surface area contributed by atoms with Crippen LogP contribution >= 0.6 is 0 Å². The minimum Gasteiger partial charge on any atom is -0.488 e. The molecule has 0 aliphatic carbocycles. The van der Waals surface area contributed by atoms with Crippen molar-refractivity contribution in [3.8, 4) is 5.75 Å². The molecule has 126 valence electrons. The summed E-state index contributed by atoms with van der Waals surface area (Å²) in [4.78, 5) is 11.5. The second-order valence-corrected chi connectivity index (χ2v) is 6.61. The average Bonchev–Trinajstić information content (AvgIpc) is 2.47. The summed E-state index contributed by atoms with van der Waals surface area (Å²) in [6.45, 7) is 7.50. The molecule has 0 radical (unpaired) electrons. The van der Waals surface area contributed by atoms with Crippen molar-refractivity contribution in [3.05, 3.63) is 65.0 Å². The first-order chi connectivity index (χ1) is 11.2. The molecule has 2 aromatic carbocycles. The van der Waals surface area contributed by atoms with E-state index in [0.717, 1.165) is 0 Å². The van der Waals surface area contributed by atoms with Gasteiger partial charge in [0, 0.05) is 0 Å². The van der Waals surface area contributed by atoms with Crippen LogP contribution in [0.2, 0.25) is 0 Å². The Morgan fingerprint density at radius 1 is 1.12 bits per heavy atom. The summed E-state index contributed by atoms with van der Waals surface area (Å²) >= 11 is 0. The van der Waals surface area contributed by atoms with E-state index < -0.39 is 11.8 Å². The van der Waals surface area contributed by atoms with Crippen LogP contribution in [0.5, 0.6) is 5.75 Å². The Morgan fingerprint density at radius 2 is 1.75 bits per heavy atom. The highest BCUT2D eigenvalue weighted by atomic mass is 19.1. The molecule has 0 unspecified atom stereocenters. The minimum atomic E-state index is -1.10. The molecule has 0 saturated heterocycles. The summed E-state index contributed by atoms with van der Waals surface area (Å²) in [5.74, 6) is -0.820. The van der Waals surface area contributed by atoms with Gasteiger partial charge < -0.3 is 9.84 Å². The molecular weight excluding hydrogens is 307 g/mol. The van der Waals surface area contributed by atoms with Crippen LogP contribution < -0.4 is 4.74 Å². The van der Waals surface area contributed by atoms with Gasteiger partial charge in [-0.1, -0.05) is 24.3 Å². The van der Waals surface area contributed by atoms with Gasteiger partial charge in [0.25, 0.3) is 0 Å². The predicted molar refractivity (Wildman–Crippen MR) is 93.5 cm³/mol. The number of benzene rings is 2. The van der Waals surface area contributed by atoms with E-state index in [1.54, 1.807) is 43.3 Å². The predicted octanol–water partition coefficient (Wildman–Crippen LogP) is 4.94. The maximum atomic E-state index is 13.7. The molecule has 0 aromatic heterocycles. The summed E-state index contributed by atoms with van der Waals surface area (Å²) < 4.78 is 19.5. The van der Waals surface area contributed by atoms with Crippen LogP contribution in [0, 0.1) is 12.7 Å². The van der Waals surface area contributed by atoms with Gasteiger partial charge in [0.05, 0.1) is 5.57 Å².